The van der Waals surface area contributed by atoms with Gasteiger partial charge in [0.05, 0.1) is 5.69 Å². The smallest absolute Gasteiger partial charge is 0.149 e. The third-order valence-corrected chi connectivity index (χ3v) is 2.77. The normalized spacial score (nSPS) is 17.9. The second kappa shape index (κ2) is 3.32. The van der Waals surface area contributed by atoms with Crippen LogP contribution in [-0.4, -0.2) is 10.2 Å². The summed E-state index contributed by atoms with van der Waals surface area (Å²) in [6.07, 6.45) is 5.17. The highest BCUT2D eigenvalue weighted by Gasteiger charge is 2.19. The molecular weight excluding hydrogens is 162 g/mol. The van der Waals surface area contributed by atoms with Crippen molar-refractivity contribution in [2.75, 3.05) is 5.73 Å². The number of nitrogens with two attached hydrogens (primary N) is 1. The molecule has 3 heteroatoms. The first kappa shape index (κ1) is 8.48. The third-order valence-electron chi connectivity index (χ3n) is 2.77. The van der Waals surface area contributed by atoms with Crippen LogP contribution in [0, 0.1) is 6.92 Å². The lowest BCUT2D eigenvalue weighted by Gasteiger charge is -2.11. The van der Waals surface area contributed by atoms with Crippen LogP contribution in [0.25, 0.3) is 0 Å². The third kappa shape index (κ3) is 1.64. The number of aromatic nitrogens is 2. The summed E-state index contributed by atoms with van der Waals surface area (Å²) in [5.74, 6) is 1.26. The fourth-order valence-electron chi connectivity index (χ4n) is 2.08. The molecular formula is C10H15N3. The Bertz CT molecular complexity index is 303. The molecule has 2 rings (SSSR count). The molecule has 1 fully saturated rings. The maximum absolute atomic E-state index is 5.80. The molecule has 2 N–H and O–H groups in total. The molecule has 3 nitrogen and oxygen atoms in total. The van der Waals surface area contributed by atoms with Crippen LogP contribution in [-0.2, 0) is 0 Å². The number of rotatable bonds is 1. The molecule has 1 aromatic rings. The van der Waals surface area contributed by atoms with Gasteiger partial charge in [0.25, 0.3) is 0 Å². The van der Waals surface area contributed by atoms with Gasteiger partial charge >= 0.3 is 0 Å². The molecule has 1 aliphatic rings. The Kier molecular flexibility index (Phi) is 2.17. The second-order valence-electron chi connectivity index (χ2n) is 3.81. The predicted molar refractivity (Wildman–Crippen MR) is 52.4 cm³/mol. The standard InChI is InChI=1S/C10H15N3/c1-7-6-9(10(11)13-12-7)8-4-2-3-5-8/h6,8H,2-5H2,1H3,(H2,11,13). The quantitative estimate of drug-likeness (QED) is 0.714. The van der Waals surface area contributed by atoms with E-state index in [1.807, 2.05) is 6.92 Å². The molecule has 70 valence electrons. The summed E-state index contributed by atoms with van der Waals surface area (Å²) in [4.78, 5) is 0. The first-order valence-electron chi connectivity index (χ1n) is 4.87. The average molecular weight is 177 g/mol. The van der Waals surface area contributed by atoms with Gasteiger partial charge in [-0.05, 0) is 31.7 Å². The number of nitrogen functional groups attached to an aromatic ring is 1. The summed E-state index contributed by atoms with van der Waals surface area (Å²) < 4.78 is 0. The molecule has 1 aromatic heterocycles. The molecule has 0 saturated heterocycles. The van der Waals surface area contributed by atoms with Gasteiger partial charge < -0.3 is 5.73 Å². The summed E-state index contributed by atoms with van der Waals surface area (Å²) >= 11 is 0. The second-order valence-corrected chi connectivity index (χ2v) is 3.81. The van der Waals surface area contributed by atoms with E-state index in [9.17, 15) is 0 Å². The van der Waals surface area contributed by atoms with Crippen molar-refractivity contribution in [3.63, 3.8) is 0 Å². The fourth-order valence-corrected chi connectivity index (χ4v) is 2.08. The van der Waals surface area contributed by atoms with E-state index in [0.29, 0.717) is 11.7 Å². The molecule has 13 heavy (non-hydrogen) atoms. The highest BCUT2D eigenvalue weighted by Crippen LogP contribution is 2.35. The van der Waals surface area contributed by atoms with Crippen molar-refractivity contribution in [2.45, 2.75) is 38.5 Å². The molecule has 0 bridgehead atoms. The predicted octanol–water partition coefficient (Wildman–Crippen LogP) is 2.02. The minimum atomic E-state index is 0.623. The van der Waals surface area contributed by atoms with Crippen LogP contribution in [0.3, 0.4) is 0 Å². The molecule has 1 saturated carbocycles. The van der Waals surface area contributed by atoms with E-state index in [2.05, 4.69) is 16.3 Å². The van der Waals surface area contributed by atoms with Crippen LogP contribution in [0.15, 0.2) is 6.07 Å². The molecule has 0 amide bonds. The van der Waals surface area contributed by atoms with E-state index in [4.69, 9.17) is 5.73 Å². The van der Waals surface area contributed by atoms with Crippen molar-refractivity contribution >= 4 is 5.82 Å². The number of hydrogen-bond acceptors (Lipinski definition) is 3. The van der Waals surface area contributed by atoms with Gasteiger partial charge in [-0.1, -0.05) is 12.8 Å². The lowest BCUT2D eigenvalue weighted by Crippen LogP contribution is -2.04. The van der Waals surface area contributed by atoms with Gasteiger partial charge in [-0.15, -0.1) is 5.10 Å². The van der Waals surface area contributed by atoms with E-state index in [-0.39, 0.29) is 0 Å². The van der Waals surface area contributed by atoms with E-state index in [1.54, 1.807) is 0 Å². The minimum Gasteiger partial charge on any atom is -0.382 e. The summed E-state index contributed by atoms with van der Waals surface area (Å²) in [6.45, 7) is 1.96. The molecule has 0 unspecified atom stereocenters. The van der Waals surface area contributed by atoms with Crippen molar-refractivity contribution in [1.82, 2.24) is 10.2 Å². The lowest BCUT2D eigenvalue weighted by atomic mass is 9.98. The zero-order valence-electron chi connectivity index (χ0n) is 7.95. The van der Waals surface area contributed by atoms with Crippen LogP contribution < -0.4 is 5.73 Å². The number of aryl methyl sites for hydroxylation is 1. The van der Waals surface area contributed by atoms with Crippen molar-refractivity contribution in [3.8, 4) is 0 Å². The van der Waals surface area contributed by atoms with Gasteiger partial charge in [-0.2, -0.15) is 5.10 Å². The average Bonchev–Trinajstić information content (AvgIpc) is 2.61. The Hall–Kier alpha value is -1.12. The van der Waals surface area contributed by atoms with Crippen molar-refractivity contribution in [2.24, 2.45) is 0 Å². The fraction of sp³-hybridized carbons (Fsp3) is 0.600. The van der Waals surface area contributed by atoms with Gasteiger partial charge in [0.2, 0.25) is 0 Å². The highest BCUT2D eigenvalue weighted by molar-refractivity contribution is 5.41. The van der Waals surface area contributed by atoms with Crippen LogP contribution in [0.5, 0.6) is 0 Å². The molecule has 0 atom stereocenters. The largest absolute Gasteiger partial charge is 0.382 e. The van der Waals surface area contributed by atoms with Gasteiger partial charge in [0.15, 0.2) is 0 Å². The first-order chi connectivity index (χ1) is 6.27. The summed E-state index contributed by atoms with van der Waals surface area (Å²) in [7, 11) is 0. The maximum atomic E-state index is 5.80. The zero-order valence-corrected chi connectivity index (χ0v) is 7.95. The molecule has 1 heterocycles. The Morgan fingerprint density at radius 2 is 2.00 bits per heavy atom. The van der Waals surface area contributed by atoms with Crippen LogP contribution >= 0.6 is 0 Å². The summed E-state index contributed by atoms with van der Waals surface area (Å²) in [6, 6.07) is 2.08. The number of anilines is 1. The number of hydrogen-bond donors (Lipinski definition) is 1. The van der Waals surface area contributed by atoms with Crippen LogP contribution in [0.2, 0.25) is 0 Å². The maximum Gasteiger partial charge on any atom is 0.149 e. The molecule has 0 aliphatic heterocycles. The Morgan fingerprint density at radius 3 is 2.69 bits per heavy atom. The molecule has 1 aliphatic carbocycles. The molecule has 0 spiro atoms. The van der Waals surface area contributed by atoms with E-state index < -0.39 is 0 Å². The van der Waals surface area contributed by atoms with Crippen molar-refractivity contribution in [3.05, 3.63) is 17.3 Å². The van der Waals surface area contributed by atoms with Gasteiger partial charge in [-0.3, -0.25) is 0 Å². The first-order valence-corrected chi connectivity index (χ1v) is 4.87. The zero-order chi connectivity index (χ0) is 9.26. The van der Waals surface area contributed by atoms with Crippen molar-refractivity contribution < 1.29 is 0 Å². The Labute approximate surface area is 78.4 Å². The minimum absolute atomic E-state index is 0.623. The SMILES string of the molecule is Cc1cc(C2CCCC2)c(N)nn1. The van der Waals surface area contributed by atoms with E-state index >= 15 is 0 Å². The van der Waals surface area contributed by atoms with Gasteiger partial charge in [-0.25, -0.2) is 0 Å². The highest BCUT2D eigenvalue weighted by atomic mass is 15.1. The molecule has 0 radical (unpaired) electrons. The molecule has 0 aromatic carbocycles. The van der Waals surface area contributed by atoms with Crippen LogP contribution in [0.4, 0.5) is 5.82 Å². The van der Waals surface area contributed by atoms with Crippen LogP contribution in [0.1, 0.15) is 42.9 Å². The van der Waals surface area contributed by atoms with Gasteiger partial charge in [0.1, 0.15) is 5.82 Å². The lowest BCUT2D eigenvalue weighted by molar-refractivity contribution is 0.715. The monoisotopic (exact) mass is 177 g/mol. The Morgan fingerprint density at radius 1 is 1.31 bits per heavy atom. The summed E-state index contributed by atoms with van der Waals surface area (Å²) in [5, 5.41) is 7.89. The van der Waals surface area contributed by atoms with E-state index in [0.717, 1.165) is 5.69 Å². The summed E-state index contributed by atoms with van der Waals surface area (Å²) in [5.41, 5.74) is 7.98. The van der Waals surface area contributed by atoms with Crippen molar-refractivity contribution in [1.29, 1.82) is 0 Å². The van der Waals surface area contributed by atoms with Gasteiger partial charge in [0, 0.05) is 5.56 Å². The van der Waals surface area contributed by atoms with E-state index in [1.165, 1.54) is 31.2 Å². The topological polar surface area (TPSA) is 51.8 Å². The Balaban J connectivity index is 2.32. The number of nitrogens with zero attached hydrogens (tertiary/aromatic N) is 2.